The van der Waals surface area contributed by atoms with Crippen LogP contribution in [-0.4, -0.2) is 16.0 Å². The Labute approximate surface area is 135 Å². The molecule has 116 valence electrons. The summed E-state index contributed by atoms with van der Waals surface area (Å²) in [5, 5.41) is 3.14. The zero-order valence-corrected chi connectivity index (χ0v) is 13.5. The lowest BCUT2D eigenvalue weighted by molar-refractivity contribution is 0.828. The molecular weight excluding hydrogens is 286 g/mol. The Bertz CT molecular complexity index is 918. The Balaban J connectivity index is 2.03. The molecule has 0 amide bonds. The van der Waals surface area contributed by atoms with Crippen LogP contribution in [-0.2, 0) is 0 Å². The average Bonchev–Trinajstić information content (AvgIpc) is 2.81. The number of nitrogens with one attached hydrogen (secondary N) is 1. The third-order valence-electron chi connectivity index (χ3n) is 3.81. The molecule has 0 bridgehead atoms. The van der Waals surface area contributed by atoms with E-state index in [9.17, 15) is 4.79 Å². The van der Waals surface area contributed by atoms with Gasteiger partial charge in [-0.25, -0.2) is 4.68 Å². The van der Waals surface area contributed by atoms with Gasteiger partial charge in [0.1, 0.15) is 0 Å². The summed E-state index contributed by atoms with van der Waals surface area (Å²) >= 11 is 0. The quantitative estimate of drug-likeness (QED) is 0.734. The first-order valence-electron chi connectivity index (χ1n) is 7.54. The van der Waals surface area contributed by atoms with Crippen LogP contribution in [0.5, 0.6) is 0 Å². The van der Waals surface area contributed by atoms with Gasteiger partial charge in [0.15, 0.2) is 0 Å². The molecule has 0 unspecified atom stereocenters. The average molecular weight is 305 g/mol. The molecule has 0 saturated carbocycles. The summed E-state index contributed by atoms with van der Waals surface area (Å²) < 4.78 is 1.58. The number of H-pyrrole nitrogens is 1. The van der Waals surface area contributed by atoms with Gasteiger partial charge in [0, 0.05) is 11.9 Å². The summed E-state index contributed by atoms with van der Waals surface area (Å²) in [6.07, 6.45) is 1.63. The maximum Gasteiger partial charge on any atom is 0.280 e. The van der Waals surface area contributed by atoms with Crippen molar-refractivity contribution in [1.82, 2.24) is 9.78 Å². The lowest BCUT2D eigenvalue weighted by Gasteiger charge is -2.06. The second kappa shape index (κ2) is 6.08. The summed E-state index contributed by atoms with van der Waals surface area (Å²) in [5.41, 5.74) is 5.21. The SMILES string of the molecule is Cc1ccc(-n2[nH]c(C)c(C=Nc3ccccc3)c2=O)c(C)c1. The number of para-hydroxylation sites is 1. The van der Waals surface area contributed by atoms with Crippen molar-refractivity contribution in [2.45, 2.75) is 20.8 Å². The standard InChI is InChI=1S/C19H19N3O/c1-13-9-10-18(14(2)11-13)22-19(23)17(15(3)21-22)12-20-16-7-5-4-6-8-16/h4-12,21H,1-3H3. The van der Waals surface area contributed by atoms with E-state index in [0.29, 0.717) is 5.56 Å². The Kier molecular flexibility index (Phi) is 3.98. The lowest BCUT2D eigenvalue weighted by atomic mass is 10.1. The Morgan fingerprint density at radius 3 is 2.48 bits per heavy atom. The van der Waals surface area contributed by atoms with Crippen molar-refractivity contribution < 1.29 is 0 Å². The van der Waals surface area contributed by atoms with Crippen LogP contribution in [0.2, 0.25) is 0 Å². The van der Waals surface area contributed by atoms with E-state index in [1.54, 1.807) is 10.9 Å². The van der Waals surface area contributed by atoms with Crippen LogP contribution < -0.4 is 5.56 Å². The van der Waals surface area contributed by atoms with E-state index in [4.69, 9.17) is 0 Å². The minimum atomic E-state index is -0.0888. The zero-order chi connectivity index (χ0) is 16.4. The Morgan fingerprint density at radius 2 is 1.78 bits per heavy atom. The van der Waals surface area contributed by atoms with E-state index < -0.39 is 0 Å². The van der Waals surface area contributed by atoms with Gasteiger partial charge in [0.2, 0.25) is 0 Å². The van der Waals surface area contributed by atoms with Crippen molar-refractivity contribution >= 4 is 11.9 Å². The van der Waals surface area contributed by atoms with E-state index in [2.05, 4.69) is 16.2 Å². The molecule has 1 aromatic heterocycles. The third kappa shape index (κ3) is 3.01. The van der Waals surface area contributed by atoms with Gasteiger partial charge < -0.3 is 0 Å². The highest BCUT2D eigenvalue weighted by molar-refractivity contribution is 5.83. The summed E-state index contributed by atoms with van der Waals surface area (Å²) in [6.45, 7) is 5.92. The smallest absolute Gasteiger partial charge is 0.280 e. The highest BCUT2D eigenvalue weighted by Gasteiger charge is 2.12. The van der Waals surface area contributed by atoms with Crippen molar-refractivity contribution in [3.05, 3.63) is 81.3 Å². The molecule has 0 aliphatic carbocycles. The fraction of sp³-hybridized carbons (Fsp3) is 0.158. The molecular formula is C19H19N3O. The van der Waals surface area contributed by atoms with Gasteiger partial charge in [-0.3, -0.25) is 14.9 Å². The number of aliphatic imine (C=N–C) groups is 1. The first-order chi connectivity index (χ1) is 11.1. The molecule has 0 saturated heterocycles. The van der Waals surface area contributed by atoms with Crippen LogP contribution in [0.15, 0.2) is 58.3 Å². The minimum Gasteiger partial charge on any atom is -0.295 e. The molecule has 3 rings (SSSR count). The number of aromatic amines is 1. The fourth-order valence-electron chi connectivity index (χ4n) is 2.59. The molecule has 3 aromatic rings. The van der Waals surface area contributed by atoms with E-state index in [1.807, 2.05) is 63.2 Å². The highest BCUT2D eigenvalue weighted by Crippen LogP contribution is 2.15. The van der Waals surface area contributed by atoms with Crippen LogP contribution >= 0.6 is 0 Å². The van der Waals surface area contributed by atoms with Crippen molar-refractivity contribution in [2.24, 2.45) is 4.99 Å². The molecule has 2 aromatic carbocycles. The lowest BCUT2D eigenvalue weighted by Crippen LogP contribution is -2.18. The predicted octanol–water partition coefficient (Wildman–Crippen LogP) is 3.84. The van der Waals surface area contributed by atoms with Crippen molar-refractivity contribution in [3.63, 3.8) is 0 Å². The Morgan fingerprint density at radius 1 is 1.04 bits per heavy atom. The first-order valence-corrected chi connectivity index (χ1v) is 7.54. The van der Waals surface area contributed by atoms with Gasteiger partial charge >= 0.3 is 0 Å². The molecule has 1 N–H and O–H groups in total. The maximum atomic E-state index is 12.7. The Hall–Kier alpha value is -2.88. The van der Waals surface area contributed by atoms with Gasteiger partial charge in [-0.05, 0) is 44.5 Å². The second-order valence-electron chi connectivity index (χ2n) is 5.67. The fourth-order valence-corrected chi connectivity index (χ4v) is 2.59. The van der Waals surface area contributed by atoms with Crippen LogP contribution in [0.25, 0.3) is 5.69 Å². The molecule has 0 fully saturated rings. The summed E-state index contributed by atoms with van der Waals surface area (Å²) in [5.74, 6) is 0. The first kappa shape index (κ1) is 15.0. The van der Waals surface area contributed by atoms with Gasteiger partial charge in [-0.2, -0.15) is 0 Å². The number of hydrogen-bond acceptors (Lipinski definition) is 2. The summed E-state index contributed by atoms with van der Waals surface area (Å²) in [6, 6.07) is 15.6. The molecule has 23 heavy (non-hydrogen) atoms. The molecule has 1 heterocycles. The van der Waals surface area contributed by atoms with E-state index in [-0.39, 0.29) is 5.56 Å². The monoisotopic (exact) mass is 305 g/mol. The van der Waals surface area contributed by atoms with Crippen molar-refractivity contribution in [1.29, 1.82) is 0 Å². The number of nitrogens with zero attached hydrogens (tertiary/aromatic N) is 2. The van der Waals surface area contributed by atoms with Crippen LogP contribution in [0, 0.1) is 20.8 Å². The molecule has 0 radical (unpaired) electrons. The zero-order valence-electron chi connectivity index (χ0n) is 13.5. The molecule has 0 aliphatic rings. The molecule has 0 aliphatic heterocycles. The number of aryl methyl sites for hydroxylation is 3. The number of aromatic nitrogens is 2. The van der Waals surface area contributed by atoms with E-state index in [1.165, 1.54) is 5.56 Å². The van der Waals surface area contributed by atoms with Crippen LogP contribution in [0.3, 0.4) is 0 Å². The molecule has 4 heteroatoms. The van der Waals surface area contributed by atoms with E-state index >= 15 is 0 Å². The predicted molar refractivity (Wildman–Crippen MR) is 94.3 cm³/mol. The highest BCUT2D eigenvalue weighted by atomic mass is 16.1. The topological polar surface area (TPSA) is 50.1 Å². The number of hydrogen-bond donors (Lipinski definition) is 1. The largest absolute Gasteiger partial charge is 0.295 e. The maximum absolute atomic E-state index is 12.7. The van der Waals surface area contributed by atoms with Gasteiger partial charge in [-0.15, -0.1) is 0 Å². The number of rotatable bonds is 3. The van der Waals surface area contributed by atoms with Gasteiger partial charge in [-0.1, -0.05) is 35.9 Å². The van der Waals surface area contributed by atoms with Crippen molar-refractivity contribution in [2.75, 3.05) is 0 Å². The molecule has 4 nitrogen and oxygen atoms in total. The number of benzene rings is 2. The molecule has 0 atom stereocenters. The summed E-state index contributed by atoms with van der Waals surface area (Å²) in [4.78, 5) is 17.1. The normalized spacial score (nSPS) is 11.3. The van der Waals surface area contributed by atoms with Gasteiger partial charge in [0.25, 0.3) is 5.56 Å². The van der Waals surface area contributed by atoms with Gasteiger partial charge in [0.05, 0.1) is 16.9 Å². The van der Waals surface area contributed by atoms with Crippen molar-refractivity contribution in [3.8, 4) is 5.69 Å². The molecule has 0 spiro atoms. The second-order valence-corrected chi connectivity index (χ2v) is 5.67. The van der Waals surface area contributed by atoms with Crippen LogP contribution in [0.4, 0.5) is 5.69 Å². The third-order valence-corrected chi connectivity index (χ3v) is 3.81. The minimum absolute atomic E-state index is 0.0888. The summed E-state index contributed by atoms with van der Waals surface area (Å²) in [7, 11) is 0. The van der Waals surface area contributed by atoms with E-state index in [0.717, 1.165) is 22.6 Å². The van der Waals surface area contributed by atoms with Crippen LogP contribution in [0.1, 0.15) is 22.4 Å².